The molecule has 0 amide bonds. The largest absolute Gasteiger partial charge is 0.507 e. The molecule has 0 spiro atoms. The van der Waals surface area contributed by atoms with Crippen LogP contribution in [0.2, 0.25) is 0 Å². The van der Waals surface area contributed by atoms with Gasteiger partial charge in [0, 0.05) is 42.0 Å². The molecule has 1 aliphatic heterocycles. The SMILES string of the molecule is CC[C@]1(O)Cc2c(O)c3c(c(O)c2[C@@H](OC2C[C@H](N)[C@H](O)[C@H](C)O2)C1)C(=O)c1c(O)cccc1C3=O. The summed E-state index contributed by atoms with van der Waals surface area (Å²) in [5, 5.41) is 54.3. The Hall–Kier alpha value is -3.02. The number of carbonyl (C=O) groups is 2. The molecule has 1 heterocycles. The van der Waals surface area contributed by atoms with Gasteiger partial charge in [-0.05, 0) is 19.4 Å². The van der Waals surface area contributed by atoms with Crippen molar-refractivity contribution >= 4 is 11.6 Å². The van der Waals surface area contributed by atoms with Gasteiger partial charge in [-0.3, -0.25) is 9.59 Å². The zero-order chi connectivity index (χ0) is 26.1. The predicted octanol–water partition coefficient (Wildman–Crippen LogP) is 1.55. The number of fused-ring (bicyclic) bond motifs is 3. The molecule has 0 bridgehead atoms. The number of aliphatic hydroxyl groups excluding tert-OH is 1. The van der Waals surface area contributed by atoms with Gasteiger partial charge in [-0.1, -0.05) is 19.1 Å². The zero-order valence-electron chi connectivity index (χ0n) is 19.9. The molecule has 10 nitrogen and oxygen atoms in total. The number of benzene rings is 2. The first-order chi connectivity index (χ1) is 17.0. The molecule has 1 unspecified atom stereocenters. The van der Waals surface area contributed by atoms with E-state index >= 15 is 0 Å². The topological polar surface area (TPSA) is 180 Å². The normalized spacial score (nSPS) is 31.5. The second kappa shape index (κ2) is 8.53. The van der Waals surface area contributed by atoms with E-state index in [9.17, 15) is 35.1 Å². The van der Waals surface area contributed by atoms with Crippen LogP contribution < -0.4 is 5.73 Å². The molecule has 2 aromatic carbocycles. The monoisotopic (exact) mass is 499 g/mol. The van der Waals surface area contributed by atoms with Crippen LogP contribution in [0.1, 0.15) is 82.2 Å². The van der Waals surface area contributed by atoms with Crippen molar-refractivity contribution in [1.29, 1.82) is 0 Å². The molecule has 3 aliphatic rings. The molecular formula is C26H29NO9. The van der Waals surface area contributed by atoms with Gasteiger partial charge in [0.1, 0.15) is 17.2 Å². The Morgan fingerprint density at radius 3 is 2.47 bits per heavy atom. The number of carbonyl (C=O) groups excluding carboxylic acids is 2. The first-order valence-electron chi connectivity index (χ1n) is 12.0. The molecule has 5 rings (SSSR count). The van der Waals surface area contributed by atoms with Crippen LogP contribution in [0.5, 0.6) is 17.2 Å². The van der Waals surface area contributed by atoms with Crippen molar-refractivity contribution < 1.29 is 44.6 Å². The number of aliphatic hydroxyl groups is 2. The van der Waals surface area contributed by atoms with E-state index in [0.717, 1.165) is 0 Å². The fourth-order valence-corrected chi connectivity index (χ4v) is 5.58. The van der Waals surface area contributed by atoms with Crippen LogP contribution in [0.3, 0.4) is 0 Å². The van der Waals surface area contributed by atoms with Crippen LogP contribution in [-0.2, 0) is 15.9 Å². The van der Waals surface area contributed by atoms with Crippen LogP contribution in [0.4, 0.5) is 0 Å². The van der Waals surface area contributed by atoms with Gasteiger partial charge in [-0.15, -0.1) is 0 Å². The first kappa shape index (κ1) is 24.7. The molecule has 1 fully saturated rings. The summed E-state index contributed by atoms with van der Waals surface area (Å²) in [5.41, 5.74) is 3.71. The highest BCUT2D eigenvalue weighted by Gasteiger charge is 2.47. The van der Waals surface area contributed by atoms with Gasteiger partial charge in [0.05, 0.1) is 40.6 Å². The highest BCUT2D eigenvalue weighted by atomic mass is 16.7. The lowest BCUT2D eigenvalue weighted by molar-refractivity contribution is -0.247. The molecule has 192 valence electrons. The molecule has 1 saturated heterocycles. The van der Waals surface area contributed by atoms with Crippen molar-refractivity contribution in [3.8, 4) is 17.2 Å². The summed E-state index contributed by atoms with van der Waals surface area (Å²) in [6.07, 6.45) is -3.09. The summed E-state index contributed by atoms with van der Waals surface area (Å²) in [6.45, 7) is 3.40. The number of nitrogens with two attached hydrogens (primary N) is 1. The van der Waals surface area contributed by atoms with E-state index in [1.807, 2.05) is 0 Å². The van der Waals surface area contributed by atoms with Crippen molar-refractivity contribution in [1.82, 2.24) is 0 Å². The Kier molecular flexibility index (Phi) is 5.85. The Morgan fingerprint density at radius 1 is 1.11 bits per heavy atom. The molecule has 0 saturated carbocycles. The summed E-state index contributed by atoms with van der Waals surface area (Å²) in [4.78, 5) is 26.7. The van der Waals surface area contributed by atoms with Gasteiger partial charge >= 0.3 is 0 Å². The molecule has 2 aliphatic carbocycles. The van der Waals surface area contributed by atoms with E-state index < -0.39 is 70.6 Å². The van der Waals surface area contributed by atoms with Gasteiger partial charge < -0.3 is 40.7 Å². The first-order valence-corrected chi connectivity index (χ1v) is 12.0. The minimum Gasteiger partial charge on any atom is -0.507 e. The average molecular weight is 500 g/mol. The molecule has 2 aromatic rings. The summed E-state index contributed by atoms with van der Waals surface area (Å²) in [7, 11) is 0. The van der Waals surface area contributed by atoms with E-state index in [1.54, 1.807) is 13.8 Å². The molecule has 10 heteroatoms. The fraction of sp³-hybridized carbons (Fsp3) is 0.462. The molecule has 7 N–H and O–H groups in total. The third-order valence-electron chi connectivity index (χ3n) is 7.68. The van der Waals surface area contributed by atoms with E-state index in [1.165, 1.54) is 18.2 Å². The van der Waals surface area contributed by atoms with Gasteiger partial charge in [0.2, 0.25) is 5.78 Å². The summed E-state index contributed by atoms with van der Waals surface area (Å²) in [6, 6.07) is 3.40. The Labute approximate surface area is 206 Å². The highest BCUT2D eigenvalue weighted by Crippen LogP contribution is 2.52. The van der Waals surface area contributed by atoms with Gasteiger partial charge in [0.25, 0.3) is 0 Å². The fourth-order valence-electron chi connectivity index (χ4n) is 5.58. The van der Waals surface area contributed by atoms with Gasteiger partial charge in [-0.25, -0.2) is 0 Å². The van der Waals surface area contributed by atoms with Crippen molar-refractivity contribution in [3.63, 3.8) is 0 Å². The summed E-state index contributed by atoms with van der Waals surface area (Å²) >= 11 is 0. The number of hydrogen-bond donors (Lipinski definition) is 6. The second-order valence-electron chi connectivity index (χ2n) is 9.94. The molecular weight excluding hydrogens is 470 g/mol. The third-order valence-corrected chi connectivity index (χ3v) is 7.68. The average Bonchev–Trinajstić information content (AvgIpc) is 2.82. The quantitative estimate of drug-likeness (QED) is 0.289. The smallest absolute Gasteiger partial charge is 0.202 e. The third kappa shape index (κ3) is 3.60. The minimum absolute atomic E-state index is 0.0122. The van der Waals surface area contributed by atoms with Crippen molar-refractivity contribution in [2.75, 3.05) is 0 Å². The Balaban J connectivity index is 1.66. The van der Waals surface area contributed by atoms with Crippen LogP contribution >= 0.6 is 0 Å². The van der Waals surface area contributed by atoms with E-state index in [-0.39, 0.29) is 53.5 Å². The molecule has 36 heavy (non-hydrogen) atoms. The van der Waals surface area contributed by atoms with E-state index in [4.69, 9.17) is 15.2 Å². The number of phenolic OH excluding ortho intramolecular Hbond substituents is 3. The van der Waals surface area contributed by atoms with Crippen LogP contribution in [-0.4, -0.2) is 67.2 Å². The lowest BCUT2D eigenvalue weighted by Gasteiger charge is -2.42. The van der Waals surface area contributed by atoms with E-state index in [2.05, 4.69) is 0 Å². The number of phenols is 3. The van der Waals surface area contributed by atoms with Crippen molar-refractivity contribution in [2.24, 2.45) is 5.73 Å². The van der Waals surface area contributed by atoms with Crippen LogP contribution in [0.25, 0.3) is 0 Å². The number of rotatable bonds is 3. The summed E-state index contributed by atoms with van der Waals surface area (Å²) < 4.78 is 11.9. The number of ketones is 2. The number of ether oxygens (including phenoxy) is 2. The zero-order valence-corrected chi connectivity index (χ0v) is 19.9. The van der Waals surface area contributed by atoms with E-state index in [0.29, 0.717) is 0 Å². The minimum atomic E-state index is -1.34. The lowest BCUT2D eigenvalue weighted by Crippen LogP contribution is -2.52. The lowest BCUT2D eigenvalue weighted by atomic mass is 9.72. The Morgan fingerprint density at radius 2 is 1.81 bits per heavy atom. The maximum atomic E-state index is 13.4. The second-order valence-corrected chi connectivity index (χ2v) is 9.94. The number of hydrogen-bond acceptors (Lipinski definition) is 10. The number of aromatic hydroxyl groups is 3. The van der Waals surface area contributed by atoms with Gasteiger partial charge in [-0.2, -0.15) is 0 Å². The van der Waals surface area contributed by atoms with Crippen molar-refractivity contribution in [2.45, 2.75) is 75.8 Å². The predicted molar refractivity (Wildman–Crippen MR) is 125 cm³/mol. The maximum Gasteiger partial charge on any atom is 0.202 e. The summed E-state index contributed by atoms with van der Waals surface area (Å²) in [5.74, 6) is -3.02. The van der Waals surface area contributed by atoms with Crippen LogP contribution in [0.15, 0.2) is 18.2 Å². The highest BCUT2D eigenvalue weighted by molar-refractivity contribution is 6.31. The molecule has 0 aromatic heterocycles. The van der Waals surface area contributed by atoms with Crippen LogP contribution in [0, 0.1) is 0 Å². The molecule has 0 radical (unpaired) electrons. The maximum absolute atomic E-state index is 13.4. The Bertz CT molecular complexity index is 1260. The molecule has 6 atom stereocenters. The van der Waals surface area contributed by atoms with Crippen molar-refractivity contribution in [3.05, 3.63) is 51.6 Å². The van der Waals surface area contributed by atoms with Gasteiger partial charge in [0.15, 0.2) is 12.1 Å². The standard InChI is InChI=1S/C26H29NO9/c1-3-26(34)8-12-18(15(9-26)36-16-7-13(27)21(29)10(2)35-16)25(33)20-19(23(12)31)22(30)11-5-4-6-14(28)17(11)24(20)32/h4-6,10,13,15-16,21,28-29,31,33-34H,3,7-9,27H2,1-2H3/t10-,13-,15-,16?,21+,26-/m0/s1.